The van der Waals surface area contributed by atoms with E-state index in [0.717, 1.165) is 25.7 Å². The Labute approximate surface area is 93.8 Å². The van der Waals surface area contributed by atoms with Gasteiger partial charge in [0.2, 0.25) is 0 Å². The molecule has 0 bridgehead atoms. The summed E-state index contributed by atoms with van der Waals surface area (Å²) in [7, 11) is 0. The molecule has 2 rings (SSSR count). The molecule has 0 saturated carbocycles. The first-order valence-electron chi connectivity index (χ1n) is 5.20. The van der Waals surface area contributed by atoms with Crippen LogP contribution in [-0.4, -0.2) is 5.54 Å². The summed E-state index contributed by atoms with van der Waals surface area (Å²) >= 11 is 3.60. The van der Waals surface area contributed by atoms with E-state index in [1.807, 2.05) is 0 Å². The minimum Gasteiger partial charge on any atom is -0.325 e. The zero-order chi connectivity index (χ0) is 10.2. The maximum atomic E-state index is 6.31. The van der Waals surface area contributed by atoms with Crippen LogP contribution in [0.4, 0.5) is 0 Å². The van der Waals surface area contributed by atoms with E-state index in [0.29, 0.717) is 0 Å². The van der Waals surface area contributed by atoms with Crippen LogP contribution in [0.2, 0.25) is 0 Å². The Hall–Kier alpha value is -0.340. The van der Waals surface area contributed by atoms with Crippen LogP contribution in [0.3, 0.4) is 0 Å². The van der Waals surface area contributed by atoms with Gasteiger partial charge in [0.05, 0.1) is 0 Å². The third-order valence-electron chi connectivity index (χ3n) is 3.34. The average molecular weight is 254 g/mol. The predicted molar refractivity (Wildman–Crippen MR) is 63.4 cm³/mol. The van der Waals surface area contributed by atoms with E-state index in [1.165, 1.54) is 15.6 Å². The Morgan fingerprint density at radius 2 is 2.29 bits per heavy atom. The maximum Gasteiger partial charge on any atom is 0.0210 e. The van der Waals surface area contributed by atoms with Gasteiger partial charge >= 0.3 is 0 Å². The summed E-state index contributed by atoms with van der Waals surface area (Å²) in [4.78, 5) is 0. The molecule has 0 amide bonds. The highest BCUT2D eigenvalue weighted by atomic mass is 79.9. The molecule has 2 N–H and O–H groups in total. The van der Waals surface area contributed by atoms with Crippen LogP contribution >= 0.6 is 15.9 Å². The number of nitrogens with two attached hydrogens (primary N) is 1. The summed E-state index contributed by atoms with van der Waals surface area (Å²) in [5, 5.41) is 0. The summed E-state index contributed by atoms with van der Waals surface area (Å²) < 4.78 is 1.24. The minimum absolute atomic E-state index is 0.0355. The van der Waals surface area contributed by atoms with Crippen LogP contribution in [0.15, 0.2) is 22.7 Å². The molecule has 0 aliphatic heterocycles. The molecule has 0 fully saturated rings. The molecule has 0 heterocycles. The fourth-order valence-corrected chi connectivity index (χ4v) is 2.80. The number of benzene rings is 1. The standard InChI is InChI=1S/C12H16BrN/c1-2-12(14)7-6-10-9(8-12)4-3-5-11(10)13/h3-5H,2,6-8,14H2,1H3. The van der Waals surface area contributed by atoms with Crippen LogP contribution in [0.1, 0.15) is 30.9 Å². The van der Waals surface area contributed by atoms with Gasteiger partial charge in [-0.05, 0) is 42.9 Å². The zero-order valence-electron chi connectivity index (χ0n) is 8.52. The van der Waals surface area contributed by atoms with Crippen molar-refractivity contribution in [3.63, 3.8) is 0 Å². The van der Waals surface area contributed by atoms with Crippen LogP contribution in [0.5, 0.6) is 0 Å². The Balaban J connectivity index is 2.36. The van der Waals surface area contributed by atoms with Crippen molar-refractivity contribution in [3.8, 4) is 0 Å². The topological polar surface area (TPSA) is 26.0 Å². The second-order valence-electron chi connectivity index (χ2n) is 4.27. The van der Waals surface area contributed by atoms with Crippen molar-refractivity contribution in [2.24, 2.45) is 5.73 Å². The molecule has 0 spiro atoms. The van der Waals surface area contributed by atoms with Gasteiger partial charge in [0.25, 0.3) is 0 Å². The second kappa shape index (κ2) is 3.67. The van der Waals surface area contributed by atoms with Crippen molar-refractivity contribution in [3.05, 3.63) is 33.8 Å². The summed E-state index contributed by atoms with van der Waals surface area (Å²) in [5.41, 5.74) is 9.23. The Kier molecular flexibility index (Phi) is 2.67. The first kappa shape index (κ1) is 10.2. The number of hydrogen-bond donors (Lipinski definition) is 1. The fraction of sp³-hybridized carbons (Fsp3) is 0.500. The lowest BCUT2D eigenvalue weighted by Crippen LogP contribution is -2.44. The number of hydrogen-bond acceptors (Lipinski definition) is 1. The van der Waals surface area contributed by atoms with E-state index < -0.39 is 0 Å². The average Bonchev–Trinajstić information content (AvgIpc) is 2.18. The molecule has 0 aromatic heterocycles. The molecule has 1 aliphatic carbocycles. The van der Waals surface area contributed by atoms with Gasteiger partial charge in [-0.25, -0.2) is 0 Å². The molecule has 1 nitrogen and oxygen atoms in total. The van der Waals surface area contributed by atoms with Crippen molar-refractivity contribution in [2.45, 2.75) is 38.1 Å². The van der Waals surface area contributed by atoms with Crippen LogP contribution < -0.4 is 5.73 Å². The van der Waals surface area contributed by atoms with Crippen LogP contribution in [0.25, 0.3) is 0 Å². The van der Waals surface area contributed by atoms with Gasteiger partial charge in [0, 0.05) is 10.0 Å². The number of fused-ring (bicyclic) bond motifs is 1. The van der Waals surface area contributed by atoms with E-state index >= 15 is 0 Å². The molecule has 1 aromatic carbocycles. The fourth-order valence-electron chi connectivity index (χ4n) is 2.19. The molecule has 14 heavy (non-hydrogen) atoms. The van der Waals surface area contributed by atoms with Gasteiger partial charge in [-0.15, -0.1) is 0 Å². The SMILES string of the molecule is CCC1(N)CCc2c(Br)cccc2C1. The molecule has 0 saturated heterocycles. The quantitative estimate of drug-likeness (QED) is 0.819. The van der Waals surface area contributed by atoms with Gasteiger partial charge in [-0.2, -0.15) is 0 Å². The van der Waals surface area contributed by atoms with Crippen molar-refractivity contribution < 1.29 is 0 Å². The maximum absolute atomic E-state index is 6.31. The van der Waals surface area contributed by atoms with Gasteiger partial charge in [-0.3, -0.25) is 0 Å². The number of halogens is 1. The third kappa shape index (κ3) is 1.73. The first-order chi connectivity index (χ1) is 6.64. The second-order valence-corrected chi connectivity index (χ2v) is 5.12. The molecule has 0 radical (unpaired) electrons. The largest absolute Gasteiger partial charge is 0.325 e. The van der Waals surface area contributed by atoms with Gasteiger partial charge in [0.15, 0.2) is 0 Å². The molecular weight excluding hydrogens is 238 g/mol. The van der Waals surface area contributed by atoms with Crippen LogP contribution in [0, 0.1) is 0 Å². The van der Waals surface area contributed by atoms with E-state index in [9.17, 15) is 0 Å². The Bertz CT molecular complexity index is 348. The third-order valence-corrected chi connectivity index (χ3v) is 4.08. The highest BCUT2D eigenvalue weighted by Gasteiger charge is 2.29. The smallest absolute Gasteiger partial charge is 0.0210 e. The molecule has 1 aromatic rings. The molecule has 1 unspecified atom stereocenters. The van der Waals surface area contributed by atoms with Crippen LogP contribution in [-0.2, 0) is 12.8 Å². The van der Waals surface area contributed by atoms with Gasteiger partial charge < -0.3 is 5.73 Å². The van der Waals surface area contributed by atoms with E-state index in [2.05, 4.69) is 41.1 Å². The highest BCUT2D eigenvalue weighted by molar-refractivity contribution is 9.10. The number of rotatable bonds is 1. The van der Waals surface area contributed by atoms with E-state index in [-0.39, 0.29) is 5.54 Å². The molecule has 2 heteroatoms. The molecule has 1 atom stereocenters. The van der Waals surface area contributed by atoms with Crippen molar-refractivity contribution in [1.29, 1.82) is 0 Å². The lowest BCUT2D eigenvalue weighted by Gasteiger charge is -2.34. The monoisotopic (exact) mass is 253 g/mol. The molecule has 76 valence electrons. The van der Waals surface area contributed by atoms with Gasteiger partial charge in [-0.1, -0.05) is 35.0 Å². The summed E-state index contributed by atoms with van der Waals surface area (Å²) in [5.74, 6) is 0. The Morgan fingerprint density at radius 1 is 1.50 bits per heavy atom. The van der Waals surface area contributed by atoms with Crippen molar-refractivity contribution in [2.75, 3.05) is 0 Å². The summed E-state index contributed by atoms with van der Waals surface area (Å²) in [6.45, 7) is 2.18. The van der Waals surface area contributed by atoms with Crippen molar-refractivity contribution >= 4 is 15.9 Å². The van der Waals surface area contributed by atoms with Crippen molar-refractivity contribution in [1.82, 2.24) is 0 Å². The lowest BCUT2D eigenvalue weighted by atomic mass is 9.77. The highest BCUT2D eigenvalue weighted by Crippen LogP contribution is 2.33. The minimum atomic E-state index is 0.0355. The normalized spacial score (nSPS) is 25.9. The van der Waals surface area contributed by atoms with E-state index in [1.54, 1.807) is 0 Å². The first-order valence-corrected chi connectivity index (χ1v) is 5.99. The summed E-state index contributed by atoms with van der Waals surface area (Å²) in [6, 6.07) is 6.43. The van der Waals surface area contributed by atoms with Gasteiger partial charge in [0.1, 0.15) is 0 Å². The van der Waals surface area contributed by atoms with E-state index in [4.69, 9.17) is 5.73 Å². The predicted octanol–water partition coefficient (Wildman–Crippen LogP) is 3.05. The lowest BCUT2D eigenvalue weighted by molar-refractivity contribution is 0.359. The molecular formula is C12H16BrN. The Morgan fingerprint density at radius 3 is 3.00 bits per heavy atom. The molecule has 1 aliphatic rings. The zero-order valence-corrected chi connectivity index (χ0v) is 10.1. The summed E-state index contributed by atoms with van der Waals surface area (Å²) in [6.07, 6.45) is 4.32.